The van der Waals surface area contributed by atoms with E-state index in [0.29, 0.717) is 40.0 Å². The maximum atomic E-state index is 13.1. The maximum Gasteiger partial charge on any atom is 0.300 e. The summed E-state index contributed by atoms with van der Waals surface area (Å²) in [5, 5.41) is 11.1. The number of ketones is 1. The van der Waals surface area contributed by atoms with Crippen molar-refractivity contribution in [3.8, 4) is 17.2 Å². The number of ether oxygens (including phenoxy) is 3. The van der Waals surface area contributed by atoms with Crippen molar-refractivity contribution in [2.45, 2.75) is 13.0 Å². The van der Waals surface area contributed by atoms with Gasteiger partial charge >= 0.3 is 0 Å². The van der Waals surface area contributed by atoms with Crippen LogP contribution in [0.1, 0.15) is 23.1 Å². The van der Waals surface area contributed by atoms with Crippen LogP contribution >= 0.6 is 0 Å². The largest absolute Gasteiger partial charge is 0.507 e. The topological polar surface area (TPSA) is 98.4 Å². The van der Waals surface area contributed by atoms with E-state index in [2.05, 4.69) is 0 Å². The second-order valence-corrected chi connectivity index (χ2v) is 7.38. The molecule has 1 unspecified atom stereocenters. The Morgan fingerprint density at radius 3 is 2.47 bits per heavy atom. The molecule has 2 aliphatic rings. The zero-order valence-electron chi connectivity index (χ0n) is 17.3. The monoisotopic (exact) mass is 433 g/mol. The van der Waals surface area contributed by atoms with Gasteiger partial charge in [-0.25, -0.2) is 0 Å². The van der Waals surface area contributed by atoms with Crippen LogP contribution in [0.3, 0.4) is 0 Å². The predicted molar refractivity (Wildman–Crippen MR) is 114 cm³/mol. The molecule has 8 nitrogen and oxygen atoms in total. The molecule has 1 fully saturated rings. The van der Waals surface area contributed by atoms with Crippen molar-refractivity contribution < 1.29 is 33.3 Å². The molecule has 0 radical (unpaired) electrons. The lowest BCUT2D eigenvalue weighted by Crippen LogP contribution is -2.29. The minimum atomic E-state index is -0.942. The molecule has 0 aliphatic carbocycles. The Balaban J connectivity index is 1.67. The van der Waals surface area contributed by atoms with Crippen molar-refractivity contribution >= 4 is 23.1 Å². The Kier molecular flexibility index (Phi) is 4.62. The van der Waals surface area contributed by atoms with Crippen LogP contribution in [0, 0.1) is 6.92 Å². The lowest BCUT2D eigenvalue weighted by atomic mass is 9.99. The fraction of sp³-hybridized carbons (Fsp3) is 0.167. The van der Waals surface area contributed by atoms with E-state index in [1.54, 1.807) is 61.5 Å². The Labute approximate surface area is 183 Å². The number of benzene rings is 2. The average molecular weight is 433 g/mol. The number of Topliss-reactive ketones (excluding diaryl/α,β-unsaturated/α-hetero) is 1. The molecule has 1 atom stereocenters. The summed E-state index contributed by atoms with van der Waals surface area (Å²) in [6.45, 7) is 1.84. The van der Waals surface area contributed by atoms with E-state index < -0.39 is 17.7 Å². The first kappa shape index (κ1) is 19.7. The SMILES string of the molecule is COc1ccc(N2C(=O)C(=O)/C(=C(\O)c3ccc4c(c3)OCO4)C2c2ccc(C)o2)cc1. The van der Waals surface area contributed by atoms with Gasteiger partial charge < -0.3 is 23.7 Å². The predicted octanol–water partition coefficient (Wildman–Crippen LogP) is 3.95. The van der Waals surface area contributed by atoms with E-state index in [4.69, 9.17) is 18.6 Å². The fourth-order valence-electron chi connectivity index (χ4n) is 3.91. The summed E-state index contributed by atoms with van der Waals surface area (Å²) in [4.78, 5) is 27.5. The lowest BCUT2D eigenvalue weighted by molar-refractivity contribution is -0.132. The molecule has 8 heteroatoms. The fourth-order valence-corrected chi connectivity index (χ4v) is 3.91. The highest BCUT2D eigenvalue weighted by atomic mass is 16.7. The molecule has 1 amide bonds. The van der Waals surface area contributed by atoms with E-state index in [-0.39, 0.29) is 18.1 Å². The molecule has 1 N–H and O–H groups in total. The first-order valence-corrected chi connectivity index (χ1v) is 9.89. The van der Waals surface area contributed by atoms with Gasteiger partial charge in [-0.2, -0.15) is 0 Å². The van der Waals surface area contributed by atoms with Crippen LogP contribution in [0.25, 0.3) is 5.76 Å². The summed E-state index contributed by atoms with van der Waals surface area (Å²) in [5.74, 6) is 0.671. The number of furan rings is 1. The molecule has 32 heavy (non-hydrogen) atoms. The maximum absolute atomic E-state index is 13.1. The van der Waals surface area contributed by atoms with Gasteiger partial charge in [0.1, 0.15) is 29.1 Å². The number of carbonyl (C=O) groups is 2. The second kappa shape index (κ2) is 7.49. The van der Waals surface area contributed by atoms with E-state index in [0.717, 1.165) is 0 Å². The van der Waals surface area contributed by atoms with E-state index in [1.165, 1.54) is 12.0 Å². The van der Waals surface area contributed by atoms with Crippen molar-refractivity contribution in [1.29, 1.82) is 0 Å². The van der Waals surface area contributed by atoms with Gasteiger partial charge in [-0.05, 0) is 61.5 Å². The minimum absolute atomic E-state index is 0.0703. The summed E-state index contributed by atoms with van der Waals surface area (Å²) in [6.07, 6.45) is 0. The number of fused-ring (bicyclic) bond motifs is 1. The Morgan fingerprint density at radius 2 is 1.78 bits per heavy atom. The number of aliphatic hydroxyl groups is 1. The normalized spacial score (nSPS) is 18.9. The Hall–Kier alpha value is -4.20. The summed E-state index contributed by atoms with van der Waals surface area (Å²) in [5.41, 5.74) is 0.728. The molecule has 2 aliphatic heterocycles. The summed E-state index contributed by atoms with van der Waals surface area (Å²) in [7, 11) is 1.54. The van der Waals surface area contributed by atoms with Crippen LogP contribution in [0.4, 0.5) is 5.69 Å². The molecule has 3 aromatic rings. The molecular weight excluding hydrogens is 414 g/mol. The zero-order valence-corrected chi connectivity index (χ0v) is 17.3. The van der Waals surface area contributed by atoms with Crippen LogP contribution in [0.2, 0.25) is 0 Å². The first-order valence-electron chi connectivity index (χ1n) is 9.89. The van der Waals surface area contributed by atoms with Crippen LogP contribution in [0.15, 0.2) is 64.6 Å². The van der Waals surface area contributed by atoms with Crippen molar-refractivity contribution in [3.63, 3.8) is 0 Å². The molecule has 0 saturated carbocycles. The lowest BCUT2D eigenvalue weighted by Gasteiger charge is -2.23. The van der Waals surface area contributed by atoms with Crippen LogP contribution in [0.5, 0.6) is 17.2 Å². The highest BCUT2D eigenvalue weighted by Gasteiger charge is 2.48. The van der Waals surface area contributed by atoms with Gasteiger partial charge in [0.05, 0.1) is 12.7 Å². The second-order valence-electron chi connectivity index (χ2n) is 7.38. The first-order chi connectivity index (χ1) is 15.5. The number of carbonyl (C=O) groups excluding carboxylic acids is 2. The minimum Gasteiger partial charge on any atom is -0.507 e. The number of aryl methyl sites for hydroxylation is 1. The van der Waals surface area contributed by atoms with Gasteiger partial charge in [0, 0.05) is 11.3 Å². The molecule has 3 heterocycles. The molecule has 0 spiro atoms. The highest BCUT2D eigenvalue weighted by Crippen LogP contribution is 2.44. The van der Waals surface area contributed by atoms with Crippen LogP contribution in [-0.2, 0) is 9.59 Å². The number of anilines is 1. The third kappa shape index (κ3) is 3.08. The molecule has 2 aromatic carbocycles. The molecule has 0 bridgehead atoms. The molecule has 1 saturated heterocycles. The van der Waals surface area contributed by atoms with Crippen molar-refractivity contribution in [2.75, 3.05) is 18.8 Å². The Morgan fingerprint density at radius 1 is 1.03 bits per heavy atom. The number of amides is 1. The van der Waals surface area contributed by atoms with E-state index in [9.17, 15) is 14.7 Å². The van der Waals surface area contributed by atoms with Crippen molar-refractivity contribution in [1.82, 2.24) is 0 Å². The number of hydrogen-bond acceptors (Lipinski definition) is 7. The van der Waals surface area contributed by atoms with Crippen LogP contribution < -0.4 is 19.1 Å². The zero-order chi connectivity index (χ0) is 22.4. The Bertz CT molecular complexity index is 1260. The number of aliphatic hydroxyl groups excluding tert-OH is 1. The van der Waals surface area contributed by atoms with Gasteiger partial charge in [0.2, 0.25) is 6.79 Å². The summed E-state index contributed by atoms with van der Waals surface area (Å²) < 4.78 is 21.7. The van der Waals surface area contributed by atoms with Gasteiger partial charge in [-0.1, -0.05) is 0 Å². The van der Waals surface area contributed by atoms with Gasteiger partial charge in [-0.15, -0.1) is 0 Å². The quantitative estimate of drug-likeness (QED) is 0.378. The smallest absolute Gasteiger partial charge is 0.300 e. The van der Waals surface area contributed by atoms with Gasteiger partial charge in [0.25, 0.3) is 11.7 Å². The standard InChI is InChI=1S/C24H19NO7/c1-13-3-9-18(32-13)21-20(22(26)14-4-10-17-19(11-14)31-12-30-17)23(27)24(28)25(21)15-5-7-16(29-2)8-6-15/h3-11,21,26H,12H2,1-2H3/b22-20-. The van der Waals surface area contributed by atoms with Gasteiger partial charge in [-0.3, -0.25) is 14.5 Å². The third-order valence-corrected chi connectivity index (χ3v) is 5.47. The number of hydrogen-bond donors (Lipinski definition) is 1. The average Bonchev–Trinajstić information content (AvgIpc) is 3.51. The molecule has 162 valence electrons. The molecular formula is C24H19NO7. The van der Waals surface area contributed by atoms with E-state index >= 15 is 0 Å². The summed E-state index contributed by atoms with van der Waals surface area (Å²) >= 11 is 0. The number of rotatable bonds is 4. The van der Waals surface area contributed by atoms with Gasteiger partial charge in [0.15, 0.2) is 11.5 Å². The summed E-state index contributed by atoms with van der Waals surface area (Å²) in [6, 6.07) is 14.0. The molecule has 5 rings (SSSR count). The van der Waals surface area contributed by atoms with Crippen molar-refractivity contribution in [2.24, 2.45) is 0 Å². The molecule has 1 aromatic heterocycles. The van der Waals surface area contributed by atoms with Crippen molar-refractivity contribution in [3.05, 3.63) is 77.3 Å². The third-order valence-electron chi connectivity index (χ3n) is 5.47. The number of nitrogens with zero attached hydrogens (tertiary/aromatic N) is 1. The highest BCUT2D eigenvalue weighted by molar-refractivity contribution is 6.51. The van der Waals surface area contributed by atoms with Crippen LogP contribution in [-0.4, -0.2) is 30.7 Å². The van der Waals surface area contributed by atoms with E-state index in [1.807, 2.05) is 0 Å². The number of methoxy groups -OCH3 is 1.